The molecule has 21 heavy (non-hydrogen) atoms. The Labute approximate surface area is 132 Å². The number of hydrogen-bond acceptors (Lipinski definition) is 3. The van der Waals surface area contributed by atoms with Gasteiger partial charge in [-0.1, -0.05) is 29.3 Å². The molecule has 0 radical (unpaired) electrons. The third-order valence-corrected chi connectivity index (χ3v) is 4.28. The number of carbonyl (C=O) groups excluding carboxylic acids is 2. The van der Waals surface area contributed by atoms with Gasteiger partial charge < -0.3 is 10.2 Å². The van der Waals surface area contributed by atoms with Gasteiger partial charge in [0.15, 0.2) is 6.04 Å². The van der Waals surface area contributed by atoms with Crippen LogP contribution in [0, 0.1) is 0 Å². The van der Waals surface area contributed by atoms with Crippen LogP contribution in [-0.2, 0) is 16.1 Å². The van der Waals surface area contributed by atoms with Gasteiger partial charge in [-0.15, -0.1) is 0 Å². The number of nitrogens with two attached hydrogens (primary N) is 1. The lowest BCUT2D eigenvalue weighted by Crippen LogP contribution is -3.18. The van der Waals surface area contributed by atoms with Crippen LogP contribution in [0.3, 0.4) is 0 Å². The number of halogens is 2. The summed E-state index contributed by atoms with van der Waals surface area (Å²) in [6, 6.07) is 4.78. The molecule has 1 aromatic carbocycles. The fourth-order valence-corrected chi connectivity index (χ4v) is 2.98. The van der Waals surface area contributed by atoms with E-state index in [1.165, 1.54) is 0 Å². The molecule has 2 amide bonds. The standard InChI is InChI=1S/C13H16Cl2N4O2/c14-9-2-1-3-10(15)8(9)7-19-5-4-17-13(21)11(19)6-12(20)18-16/h1-3,11H,4-7,16H2,(H,17,21)(H,18,20)/p+1/t11-/m0/s1. The fourth-order valence-electron chi connectivity index (χ4n) is 2.45. The highest BCUT2D eigenvalue weighted by atomic mass is 35.5. The largest absolute Gasteiger partial charge is 0.345 e. The molecule has 6 nitrogen and oxygen atoms in total. The molecule has 2 rings (SSSR count). The Morgan fingerprint density at radius 3 is 2.71 bits per heavy atom. The summed E-state index contributed by atoms with van der Waals surface area (Å²) < 4.78 is 0. The number of quaternary nitrogens is 1. The number of hydrogen-bond donors (Lipinski definition) is 4. The van der Waals surface area contributed by atoms with Crippen molar-refractivity contribution in [3.63, 3.8) is 0 Å². The minimum absolute atomic E-state index is 0.0275. The highest BCUT2D eigenvalue weighted by molar-refractivity contribution is 6.35. The molecule has 1 aliphatic heterocycles. The molecule has 1 aliphatic rings. The first-order valence-electron chi connectivity index (χ1n) is 6.57. The number of nitrogens with one attached hydrogen (secondary N) is 3. The second kappa shape index (κ2) is 7.09. The molecule has 1 unspecified atom stereocenters. The molecule has 0 spiro atoms. The first-order chi connectivity index (χ1) is 10.0. The van der Waals surface area contributed by atoms with Crippen LogP contribution in [0.4, 0.5) is 0 Å². The average Bonchev–Trinajstić information content (AvgIpc) is 2.46. The van der Waals surface area contributed by atoms with Gasteiger partial charge in [0, 0.05) is 5.56 Å². The maximum Gasteiger partial charge on any atom is 0.279 e. The molecule has 0 saturated carbocycles. The summed E-state index contributed by atoms with van der Waals surface area (Å²) in [6.45, 7) is 1.72. The fraction of sp³-hybridized carbons (Fsp3) is 0.385. The Bertz CT molecular complexity index is 533. The van der Waals surface area contributed by atoms with E-state index in [2.05, 4.69) is 10.7 Å². The van der Waals surface area contributed by atoms with Crippen LogP contribution in [0.25, 0.3) is 0 Å². The van der Waals surface area contributed by atoms with Crippen molar-refractivity contribution in [1.29, 1.82) is 0 Å². The van der Waals surface area contributed by atoms with Gasteiger partial charge in [0.1, 0.15) is 6.54 Å². The summed E-state index contributed by atoms with van der Waals surface area (Å²) in [5, 5.41) is 3.88. The van der Waals surface area contributed by atoms with Crippen LogP contribution in [0.1, 0.15) is 12.0 Å². The van der Waals surface area contributed by atoms with Crippen LogP contribution in [0.5, 0.6) is 0 Å². The van der Waals surface area contributed by atoms with Gasteiger partial charge in [0.2, 0.25) is 5.91 Å². The molecule has 0 bridgehead atoms. The number of carbonyl (C=O) groups is 2. The van der Waals surface area contributed by atoms with Crippen molar-refractivity contribution < 1.29 is 14.5 Å². The Balaban J connectivity index is 2.19. The van der Waals surface area contributed by atoms with Crippen molar-refractivity contribution in [2.75, 3.05) is 13.1 Å². The van der Waals surface area contributed by atoms with E-state index in [9.17, 15) is 9.59 Å². The number of benzene rings is 1. The lowest BCUT2D eigenvalue weighted by Gasteiger charge is -2.32. The van der Waals surface area contributed by atoms with E-state index in [4.69, 9.17) is 29.0 Å². The van der Waals surface area contributed by atoms with Gasteiger partial charge >= 0.3 is 0 Å². The van der Waals surface area contributed by atoms with Gasteiger partial charge in [-0.3, -0.25) is 15.0 Å². The van der Waals surface area contributed by atoms with Crippen molar-refractivity contribution in [1.82, 2.24) is 10.7 Å². The summed E-state index contributed by atoms with van der Waals surface area (Å²) >= 11 is 12.3. The second-order valence-corrected chi connectivity index (χ2v) is 5.71. The van der Waals surface area contributed by atoms with E-state index in [1.54, 1.807) is 18.2 Å². The Morgan fingerprint density at radius 1 is 1.43 bits per heavy atom. The lowest BCUT2D eigenvalue weighted by atomic mass is 10.1. The van der Waals surface area contributed by atoms with Crippen LogP contribution < -0.4 is 21.5 Å². The first kappa shape index (κ1) is 16.0. The summed E-state index contributed by atoms with van der Waals surface area (Å²) in [5.41, 5.74) is 2.84. The molecular formula is C13H17Cl2N4O2+. The van der Waals surface area contributed by atoms with Crippen molar-refractivity contribution in [3.8, 4) is 0 Å². The minimum atomic E-state index is -0.505. The van der Waals surface area contributed by atoms with Crippen molar-refractivity contribution in [3.05, 3.63) is 33.8 Å². The number of piperazine rings is 1. The molecular weight excluding hydrogens is 315 g/mol. The van der Waals surface area contributed by atoms with E-state index < -0.39 is 6.04 Å². The third kappa shape index (κ3) is 3.85. The van der Waals surface area contributed by atoms with E-state index in [1.807, 2.05) is 0 Å². The van der Waals surface area contributed by atoms with Gasteiger partial charge in [-0.05, 0) is 12.1 Å². The summed E-state index contributed by atoms with van der Waals surface area (Å²) in [6.07, 6.45) is 0.0275. The number of rotatable bonds is 4. The maximum absolute atomic E-state index is 12.0. The Kier molecular flexibility index (Phi) is 5.41. The highest BCUT2D eigenvalue weighted by Gasteiger charge is 2.35. The second-order valence-electron chi connectivity index (χ2n) is 4.90. The van der Waals surface area contributed by atoms with Gasteiger partial charge in [-0.25, -0.2) is 5.84 Å². The Morgan fingerprint density at radius 2 is 2.10 bits per heavy atom. The van der Waals surface area contributed by atoms with Crippen LogP contribution in [0.2, 0.25) is 10.0 Å². The van der Waals surface area contributed by atoms with Gasteiger partial charge in [0.25, 0.3) is 5.91 Å². The van der Waals surface area contributed by atoms with E-state index in [0.29, 0.717) is 29.7 Å². The topological polar surface area (TPSA) is 88.7 Å². The van der Waals surface area contributed by atoms with Gasteiger partial charge in [0.05, 0.1) is 29.6 Å². The van der Waals surface area contributed by atoms with Gasteiger partial charge in [-0.2, -0.15) is 0 Å². The van der Waals surface area contributed by atoms with Crippen molar-refractivity contribution in [2.24, 2.45) is 5.84 Å². The molecule has 2 atom stereocenters. The summed E-state index contributed by atoms with van der Waals surface area (Å²) in [7, 11) is 0. The summed E-state index contributed by atoms with van der Waals surface area (Å²) in [5.74, 6) is 4.56. The molecule has 114 valence electrons. The van der Waals surface area contributed by atoms with E-state index in [0.717, 1.165) is 10.5 Å². The van der Waals surface area contributed by atoms with Crippen molar-refractivity contribution in [2.45, 2.75) is 19.0 Å². The lowest BCUT2D eigenvalue weighted by molar-refractivity contribution is -0.930. The average molecular weight is 332 g/mol. The molecule has 0 aliphatic carbocycles. The van der Waals surface area contributed by atoms with Crippen molar-refractivity contribution >= 4 is 35.0 Å². The van der Waals surface area contributed by atoms with Crippen LogP contribution in [0.15, 0.2) is 18.2 Å². The quantitative estimate of drug-likeness (QED) is 0.333. The van der Waals surface area contributed by atoms with Crippen LogP contribution >= 0.6 is 23.2 Å². The predicted molar refractivity (Wildman–Crippen MR) is 79.7 cm³/mol. The zero-order valence-electron chi connectivity index (χ0n) is 11.3. The molecule has 1 heterocycles. The maximum atomic E-state index is 12.0. The minimum Gasteiger partial charge on any atom is -0.345 e. The summed E-state index contributed by atoms with van der Waals surface area (Å²) in [4.78, 5) is 24.4. The molecule has 0 aromatic heterocycles. The normalized spacial score (nSPS) is 21.8. The zero-order chi connectivity index (χ0) is 15.4. The number of amides is 2. The van der Waals surface area contributed by atoms with E-state index >= 15 is 0 Å². The zero-order valence-corrected chi connectivity index (χ0v) is 12.8. The van der Waals surface area contributed by atoms with Crippen LogP contribution in [-0.4, -0.2) is 30.9 Å². The molecule has 5 N–H and O–H groups in total. The predicted octanol–water partition coefficient (Wildman–Crippen LogP) is -0.743. The Hall–Kier alpha value is -1.34. The molecule has 1 aromatic rings. The first-order valence-corrected chi connectivity index (χ1v) is 7.33. The third-order valence-electron chi connectivity index (χ3n) is 3.57. The smallest absolute Gasteiger partial charge is 0.279 e. The molecule has 1 saturated heterocycles. The SMILES string of the molecule is NNC(=O)C[C@H]1C(=O)NCC[NH+]1Cc1c(Cl)cccc1Cl. The number of hydrazine groups is 1. The molecule has 1 fully saturated rings. The molecule has 8 heteroatoms. The monoisotopic (exact) mass is 331 g/mol. The van der Waals surface area contributed by atoms with E-state index in [-0.39, 0.29) is 18.2 Å². The highest BCUT2D eigenvalue weighted by Crippen LogP contribution is 2.23.